The summed E-state index contributed by atoms with van der Waals surface area (Å²) >= 11 is 1.27. The van der Waals surface area contributed by atoms with Gasteiger partial charge in [0, 0.05) is 10.9 Å². The number of benzene rings is 1. The van der Waals surface area contributed by atoms with E-state index in [0.717, 1.165) is 0 Å². The van der Waals surface area contributed by atoms with Crippen molar-refractivity contribution in [3.8, 4) is 11.3 Å². The molecule has 0 bridgehead atoms. The number of anilines is 1. The van der Waals surface area contributed by atoms with Gasteiger partial charge in [0.25, 0.3) is 5.91 Å². The van der Waals surface area contributed by atoms with Gasteiger partial charge in [-0.25, -0.2) is 9.37 Å². The zero-order valence-electron chi connectivity index (χ0n) is 11.3. The van der Waals surface area contributed by atoms with Crippen molar-refractivity contribution in [3.63, 3.8) is 0 Å². The summed E-state index contributed by atoms with van der Waals surface area (Å²) in [6, 6.07) is 6.43. The lowest BCUT2D eigenvalue weighted by Gasteiger charge is -2.03. The summed E-state index contributed by atoms with van der Waals surface area (Å²) in [5.74, 6) is 0.0730. The summed E-state index contributed by atoms with van der Waals surface area (Å²) < 4.78 is 19.0. The van der Waals surface area contributed by atoms with Crippen LogP contribution in [0.1, 0.15) is 12.8 Å². The fourth-order valence-electron chi connectivity index (χ4n) is 1.88. The fraction of sp³-hybridized carbons (Fsp3) is 0.333. The standard InChI is InChI=1S/C15H15FN2O2S/c16-12-4-2-1-3-11(12)13-9-21-15(17-13)18-14(19)8-20-7-10-5-6-10/h1-4,9-10H,5-8H2,(H,17,18,19). The summed E-state index contributed by atoms with van der Waals surface area (Å²) in [7, 11) is 0. The molecule has 1 saturated carbocycles. The van der Waals surface area contributed by atoms with E-state index in [-0.39, 0.29) is 18.3 Å². The van der Waals surface area contributed by atoms with Crippen molar-refractivity contribution in [2.75, 3.05) is 18.5 Å². The lowest BCUT2D eigenvalue weighted by atomic mass is 10.2. The molecule has 1 aliphatic carbocycles. The molecule has 0 aliphatic heterocycles. The molecular formula is C15H15FN2O2S. The molecule has 3 rings (SSSR count). The van der Waals surface area contributed by atoms with Gasteiger partial charge in [-0.2, -0.15) is 0 Å². The number of rotatable bonds is 6. The first-order valence-corrected chi connectivity index (χ1v) is 7.68. The van der Waals surface area contributed by atoms with E-state index >= 15 is 0 Å². The molecule has 0 atom stereocenters. The topological polar surface area (TPSA) is 51.2 Å². The molecule has 4 nitrogen and oxygen atoms in total. The number of carbonyl (C=O) groups is 1. The average molecular weight is 306 g/mol. The van der Waals surface area contributed by atoms with Crippen molar-refractivity contribution in [3.05, 3.63) is 35.5 Å². The third kappa shape index (κ3) is 3.86. The molecule has 0 spiro atoms. The van der Waals surface area contributed by atoms with Crippen molar-refractivity contribution in [2.45, 2.75) is 12.8 Å². The fourth-order valence-corrected chi connectivity index (χ4v) is 2.61. The van der Waals surface area contributed by atoms with E-state index < -0.39 is 0 Å². The number of amides is 1. The maximum absolute atomic E-state index is 13.7. The zero-order valence-corrected chi connectivity index (χ0v) is 12.2. The van der Waals surface area contributed by atoms with Crippen LogP contribution >= 0.6 is 11.3 Å². The van der Waals surface area contributed by atoms with Crippen molar-refractivity contribution in [1.82, 2.24) is 4.98 Å². The van der Waals surface area contributed by atoms with Crippen LogP contribution in [0.15, 0.2) is 29.6 Å². The Balaban J connectivity index is 1.57. The van der Waals surface area contributed by atoms with Crippen molar-refractivity contribution >= 4 is 22.4 Å². The number of thiazole rings is 1. The Labute approximate surface area is 126 Å². The molecule has 110 valence electrons. The summed E-state index contributed by atoms with van der Waals surface area (Å²) in [4.78, 5) is 15.9. The van der Waals surface area contributed by atoms with Crippen LogP contribution in [-0.2, 0) is 9.53 Å². The lowest BCUT2D eigenvalue weighted by Crippen LogP contribution is -2.18. The van der Waals surface area contributed by atoms with Gasteiger partial charge in [-0.05, 0) is 30.9 Å². The van der Waals surface area contributed by atoms with Crippen molar-refractivity contribution in [1.29, 1.82) is 0 Å². The SMILES string of the molecule is O=C(COCC1CC1)Nc1nc(-c2ccccc2F)cs1. The molecule has 2 aromatic rings. The first-order chi connectivity index (χ1) is 10.2. The highest BCUT2D eigenvalue weighted by Gasteiger charge is 2.21. The van der Waals surface area contributed by atoms with Crippen LogP contribution in [0.3, 0.4) is 0 Å². The van der Waals surface area contributed by atoms with E-state index in [1.807, 2.05) is 0 Å². The molecule has 1 aromatic heterocycles. The molecule has 1 aliphatic rings. The predicted octanol–water partition coefficient (Wildman–Crippen LogP) is 3.31. The first-order valence-electron chi connectivity index (χ1n) is 6.80. The van der Waals surface area contributed by atoms with Crippen LogP contribution in [0.25, 0.3) is 11.3 Å². The van der Waals surface area contributed by atoms with E-state index in [2.05, 4.69) is 10.3 Å². The molecule has 1 N–H and O–H groups in total. The Morgan fingerprint density at radius 2 is 2.24 bits per heavy atom. The van der Waals surface area contributed by atoms with E-state index in [9.17, 15) is 9.18 Å². The molecule has 0 unspecified atom stereocenters. The molecule has 1 heterocycles. The van der Waals surface area contributed by atoms with Gasteiger partial charge in [0.15, 0.2) is 5.13 Å². The summed E-state index contributed by atoms with van der Waals surface area (Å²) in [5, 5.41) is 4.84. The van der Waals surface area contributed by atoms with E-state index in [0.29, 0.717) is 28.9 Å². The maximum atomic E-state index is 13.7. The molecule has 0 radical (unpaired) electrons. The summed E-state index contributed by atoms with van der Waals surface area (Å²) in [6.45, 7) is 0.677. The number of aromatic nitrogens is 1. The van der Waals surface area contributed by atoms with E-state index in [1.54, 1.807) is 23.6 Å². The normalized spacial score (nSPS) is 14.1. The number of carbonyl (C=O) groups excluding carboxylic acids is 1. The van der Waals surface area contributed by atoms with Gasteiger partial charge in [-0.15, -0.1) is 11.3 Å². The molecule has 6 heteroatoms. The highest BCUT2D eigenvalue weighted by atomic mass is 32.1. The monoisotopic (exact) mass is 306 g/mol. The molecular weight excluding hydrogens is 291 g/mol. The molecule has 21 heavy (non-hydrogen) atoms. The van der Waals surface area contributed by atoms with Crippen molar-refractivity contribution in [2.24, 2.45) is 5.92 Å². The second-order valence-electron chi connectivity index (χ2n) is 5.02. The van der Waals surface area contributed by atoms with Gasteiger partial charge in [-0.3, -0.25) is 10.1 Å². The largest absolute Gasteiger partial charge is 0.371 e. The lowest BCUT2D eigenvalue weighted by molar-refractivity contribution is -0.120. The highest BCUT2D eigenvalue weighted by molar-refractivity contribution is 7.14. The second kappa shape index (κ2) is 6.32. The Morgan fingerprint density at radius 1 is 1.43 bits per heavy atom. The number of halogens is 1. The highest BCUT2D eigenvalue weighted by Crippen LogP contribution is 2.29. The van der Waals surface area contributed by atoms with Gasteiger partial charge < -0.3 is 4.74 Å². The van der Waals surface area contributed by atoms with Crippen LogP contribution in [0.2, 0.25) is 0 Å². The van der Waals surface area contributed by atoms with Gasteiger partial charge >= 0.3 is 0 Å². The smallest absolute Gasteiger partial charge is 0.252 e. The molecule has 1 fully saturated rings. The maximum Gasteiger partial charge on any atom is 0.252 e. The van der Waals surface area contributed by atoms with E-state index in [4.69, 9.17) is 4.74 Å². The van der Waals surface area contributed by atoms with Crippen LogP contribution < -0.4 is 5.32 Å². The van der Waals surface area contributed by atoms with Gasteiger partial charge in [0.05, 0.1) is 12.3 Å². The third-order valence-electron chi connectivity index (χ3n) is 3.18. The minimum Gasteiger partial charge on any atom is -0.371 e. The second-order valence-corrected chi connectivity index (χ2v) is 5.88. The minimum absolute atomic E-state index is 0.0328. The van der Waals surface area contributed by atoms with Crippen molar-refractivity contribution < 1.29 is 13.9 Å². The van der Waals surface area contributed by atoms with Gasteiger partial charge in [-0.1, -0.05) is 12.1 Å². The Bertz CT molecular complexity index is 640. The van der Waals surface area contributed by atoms with Gasteiger partial charge in [0.2, 0.25) is 0 Å². The summed E-state index contributed by atoms with van der Waals surface area (Å²) in [6.07, 6.45) is 2.39. The quantitative estimate of drug-likeness (QED) is 0.890. The number of hydrogen-bond donors (Lipinski definition) is 1. The zero-order chi connectivity index (χ0) is 14.7. The van der Waals surface area contributed by atoms with Crippen LogP contribution in [-0.4, -0.2) is 24.1 Å². The van der Waals surface area contributed by atoms with Crippen LogP contribution in [0, 0.1) is 11.7 Å². The average Bonchev–Trinajstić information content (AvgIpc) is 3.18. The summed E-state index contributed by atoms with van der Waals surface area (Å²) in [5.41, 5.74) is 0.950. The Kier molecular flexibility index (Phi) is 4.26. The molecule has 1 amide bonds. The number of hydrogen-bond acceptors (Lipinski definition) is 4. The van der Waals surface area contributed by atoms with Crippen LogP contribution in [0.5, 0.6) is 0 Å². The Morgan fingerprint density at radius 3 is 3.00 bits per heavy atom. The first kappa shape index (κ1) is 14.2. The minimum atomic E-state index is -0.326. The third-order valence-corrected chi connectivity index (χ3v) is 3.94. The number of nitrogens with zero attached hydrogens (tertiary/aromatic N) is 1. The number of nitrogens with one attached hydrogen (secondary N) is 1. The molecule has 0 saturated heterocycles. The predicted molar refractivity (Wildman–Crippen MR) is 79.7 cm³/mol. The van der Waals surface area contributed by atoms with Gasteiger partial charge in [0.1, 0.15) is 12.4 Å². The molecule has 1 aromatic carbocycles. The van der Waals surface area contributed by atoms with E-state index in [1.165, 1.54) is 30.2 Å². The van der Waals surface area contributed by atoms with Crippen LogP contribution in [0.4, 0.5) is 9.52 Å². The number of ether oxygens (including phenoxy) is 1. The Hall–Kier alpha value is -1.79.